The Morgan fingerprint density at radius 2 is 1.60 bits per heavy atom. The Bertz CT molecular complexity index is 1090. The van der Waals surface area contributed by atoms with Gasteiger partial charge in [-0.15, -0.1) is 0 Å². The van der Waals surface area contributed by atoms with Crippen molar-refractivity contribution in [1.82, 2.24) is 0 Å². The molecule has 1 aliphatic rings. The van der Waals surface area contributed by atoms with E-state index >= 15 is 0 Å². The summed E-state index contributed by atoms with van der Waals surface area (Å²) in [4.78, 5) is 13.7. The fourth-order valence-electron chi connectivity index (χ4n) is 3.65. The van der Waals surface area contributed by atoms with Crippen LogP contribution in [-0.2, 0) is 0 Å². The van der Waals surface area contributed by atoms with E-state index in [-0.39, 0.29) is 11.7 Å². The molecule has 0 atom stereocenters. The van der Waals surface area contributed by atoms with E-state index in [0.29, 0.717) is 34.1 Å². The minimum Gasteiger partial charge on any atom is -0.493 e. The molecule has 30 heavy (non-hydrogen) atoms. The molecule has 0 aliphatic heterocycles. The number of ether oxygens (including phenoxy) is 3. The molecule has 152 valence electrons. The van der Waals surface area contributed by atoms with E-state index in [0.717, 1.165) is 11.1 Å². The van der Waals surface area contributed by atoms with Crippen molar-refractivity contribution >= 4 is 5.78 Å². The number of methoxy groups -OCH3 is 3. The molecule has 2 aromatic carbocycles. The van der Waals surface area contributed by atoms with E-state index in [1.165, 1.54) is 21.3 Å². The lowest BCUT2D eigenvalue weighted by atomic mass is 9.89. The van der Waals surface area contributed by atoms with Gasteiger partial charge in [0.2, 0.25) is 5.75 Å². The third-order valence-corrected chi connectivity index (χ3v) is 5.14. The first-order valence-corrected chi connectivity index (χ1v) is 9.53. The molecule has 4 rings (SSSR count). The lowest BCUT2D eigenvalue weighted by molar-refractivity contribution is 0.103. The van der Waals surface area contributed by atoms with Crippen molar-refractivity contribution < 1.29 is 23.4 Å². The summed E-state index contributed by atoms with van der Waals surface area (Å²) in [6.45, 7) is 0. The highest BCUT2D eigenvalue weighted by Crippen LogP contribution is 2.39. The van der Waals surface area contributed by atoms with E-state index in [4.69, 9.17) is 18.6 Å². The van der Waals surface area contributed by atoms with Crippen LogP contribution in [0.5, 0.6) is 17.2 Å². The summed E-state index contributed by atoms with van der Waals surface area (Å²) in [6, 6.07) is 12.9. The van der Waals surface area contributed by atoms with Crippen LogP contribution in [0.25, 0.3) is 11.3 Å². The lowest BCUT2D eigenvalue weighted by Crippen LogP contribution is -2.09. The largest absolute Gasteiger partial charge is 0.493 e. The highest BCUT2D eigenvalue weighted by Gasteiger charge is 2.23. The summed E-state index contributed by atoms with van der Waals surface area (Å²) in [5, 5.41) is 0. The molecule has 0 bridgehead atoms. The second kappa shape index (κ2) is 8.33. The first-order chi connectivity index (χ1) is 14.7. The predicted molar refractivity (Wildman–Crippen MR) is 115 cm³/mol. The number of hydrogen-bond acceptors (Lipinski definition) is 5. The van der Waals surface area contributed by atoms with E-state index in [9.17, 15) is 4.79 Å². The maximum Gasteiger partial charge on any atom is 0.203 e. The topological polar surface area (TPSA) is 57.9 Å². The summed E-state index contributed by atoms with van der Waals surface area (Å²) >= 11 is 0. The molecular formula is C25H22O5. The monoisotopic (exact) mass is 402 g/mol. The predicted octanol–water partition coefficient (Wildman–Crippen LogP) is 5.41. The van der Waals surface area contributed by atoms with Crippen LogP contribution in [0.2, 0.25) is 0 Å². The van der Waals surface area contributed by atoms with Crippen LogP contribution < -0.4 is 14.2 Å². The number of hydrogen-bond donors (Lipinski definition) is 0. The molecule has 5 heteroatoms. The van der Waals surface area contributed by atoms with Gasteiger partial charge < -0.3 is 18.6 Å². The van der Waals surface area contributed by atoms with Crippen LogP contribution in [-0.4, -0.2) is 27.1 Å². The van der Waals surface area contributed by atoms with E-state index in [2.05, 4.69) is 12.2 Å². The number of allylic oxidation sites excluding steroid dienone is 4. The van der Waals surface area contributed by atoms with Gasteiger partial charge in [-0.25, -0.2) is 0 Å². The Kier molecular flexibility index (Phi) is 5.44. The molecule has 5 nitrogen and oxygen atoms in total. The molecule has 1 aromatic heterocycles. The number of carbonyl (C=O) groups excluding carboxylic acids is 1. The third kappa shape index (κ3) is 3.50. The van der Waals surface area contributed by atoms with Crippen molar-refractivity contribution in [3.63, 3.8) is 0 Å². The minimum absolute atomic E-state index is 0.0386. The lowest BCUT2D eigenvalue weighted by Gasteiger charge is -2.16. The van der Waals surface area contributed by atoms with Crippen LogP contribution in [0, 0.1) is 0 Å². The molecular weight excluding hydrogens is 380 g/mol. The van der Waals surface area contributed by atoms with E-state index in [1.54, 1.807) is 18.4 Å². The highest BCUT2D eigenvalue weighted by atomic mass is 16.5. The van der Waals surface area contributed by atoms with Gasteiger partial charge in [0.1, 0.15) is 5.76 Å². The van der Waals surface area contributed by atoms with Gasteiger partial charge in [0.15, 0.2) is 17.3 Å². The van der Waals surface area contributed by atoms with E-state index < -0.39 is 0 Å². The summed E-state index contributed by atoms with van der Waals surface area (Å²) in [5.74, 6) is 1.93. The van der Waals surface area contributed by atoms with Crippen molar-refractivity contribution in [1.29, 1.82) is 0 Å². The van der Waals surface area contributed by atoms with Gasteiger partial charge in [0, 0.05) is 22.6 Å². The second-order valence-electron chi connectivity index (χ2n) is 6.82. The molecule has 0 N–H and O–H groups in total. The smallest absolute Gasteiger partial charge is 0.203 e. The Hall–Kier alpha value is -3.73. The molecule has 3 aromatic rings. The fourth-order valence-corrected chi connectivity index (χ4v) is 3.65. The summed E-state index contributed by atoms with van der Waals surface area (Å²) in [6.07, 6.45) is 9.71. The van der Waals surface area contributed by atoms with E-state index in [1.807, 2.05) is 42.5 Å². The fraction of sp³-hybridized carbons (Fsp3) is 0.160. The number of rotatable bonds is 7. The van der Waals surface area contributed by atoms with Crippen molar-refractivity contribution in [2.45, 2.75) is 5.92 Å². The van der Waals surface area contributed by atoms with Crippen molar-refractivity contribution in [3.8, 4) is 28.6 Å². The standard InChI is InChI=1S/C25H22O5/c1-27-22-14-18(15-23(28-2)25(22)29-3)24(26)20-13-17(21-9-6-12-30-21)10-11-19(20)16-7-4-5-8-16/h4-16H,1-3H3. The Labute approximate surface area is 175 Å². The summed E-state index contributed by atoms with van der Waals surface area (Å²) in [5.41, 5.74) is 2.81. The second-order valence-corrected chi connectivity index (χ2v) is 6.82. The van der Waals surface area contributed by atoms with Gasteiger partial charge in [-0.3, -0.25) is 4.79 Å². The average Bonchev–Trinajstić information content (AvgIpc) is 3.51. The molecule has 0 amide bonds. The summed E-state index contributed by atoms with van der Waals surface area (Å²) in [7, 11) is 4.59. The molecule has 0 radical (unpaired) electrons. The third-order valence-electron chi connectivity index (χ3n) is 5.14. The summed E-state index contributed by atoms with van der Waals surface area (Å²) < 4.78 is 21.8. The number of carbonyl (C=O) groups is 1. The van der Waals surface area contributed by atoms with Gasteiger partial charge in [-0.2, -0.15) is 0 Å². The van der Waals surface area contributed by atoms with Gasteiger partial charge >= 0.3 is 0 Å². The molecule has 0 unspecified atom stereocenters. The Balaban J connectivity index is 1.86. The molecule has 0 spiro atoms. The molecule has 0 fully saturated rings. The van der Waals surface area contributed by atoms with Crippen LogP contribution in [0.3, 0.4) is 0 Å². The first-order valence-electron chi connectivity index (χ1n) is 9.53. The van der Waals surface area contributed by atoms with Gasteiger partial charge in [0.25, 0.3) is 0 Å². The maximum atomic E-state index is 13.7. The zero-order valence-corrected chi connectivity index (χ0v) is 17.0. The number of furan rings is 1. The molecule has 1 heterocycles. The molecule has 1 aliphatic carbocycles. The van der Waals surface area contributed by atoms with Crippen LogP contribution in [0.15, 0.2) is 77.4 Å². The SMILES string of the molecule is COc1cc(C(=O)c2cc(-c3ccco3)ccc2C2C=CC=C2)cc(OC)c1OC. The zero-order valence-electron chi connectivity index (χ0n) is 17.0. The van der Waals surface area contributed by atoms with Crippen LogP contribution in [0.4, 0.5) is 0 Å². The molecule has 0 saturated carbocycles. The normalized spacial score (nSPS) is 12.9. The highest BCUT2D eigenvalue weighted by molar-refractivity contribution is 6.11. The first kappa shape index (κ1) is 19.6. The Morgan fingerprint density at radius 1 is 0.900 bits per heavy atom. The van der Waals surface area contributed by atoms with Gasteiger partial charge in [0.05, 0.1) is 27.6 Å². The zero-order chi connectivity index (χ0) is 21.1. The van der Waals surface area contributed by atoms with Crippen LogP contribution >= 0.6 is 0 Å². The average molecular weight is 402 g/mol. The van der Waals surface area contributed by atoms with Gasteiger partial charge in [-0.1, -0.05) is 36.4 Å². The quantitative estimate of drug-likeness (QED) is 0.495. The van der Waals surface area contributed by atoms with Crippen molar-refractivity contribution in [2.75, 3.05) is 21.3 Å². The van der Waals surface area contributed by atoms with Crippen molar-refractivity contribution in [2.24, 2.45) is 0 Å². The van der Waals surface area contributed by atoms with Gasteiger partial charge in [-0.05, 0) is 35.9 Å². The minimum atomic E-state index is -0.133. The van der Waals surface area contributed by atoms with Crippen molar-refractivity contribution in [3.05, 3.63) is 89.7 Å². The molecule has 0 saturated heterocycles. The number of benzene rings is 2. The Morgan fingerprint density at radius 3 is 2.17 bits per heavy atom. The number of ketones is 1. The maximum absolute atomic E-state index is 13.7. The van der Waals surface area contributed by atoms with Crippen LogP contribution in [0.1, 0.15) is 27.4 Å².